The Labute approximate surface area is 129 Å². The van der Waals surface area contributed by atoms with Gasteiger partial charge in [0.25, 0.3) is 5.24 Å². The molecule has 0 saturated carbocycles. The maximum Gasteiger partial charge on any atom is 0.288 e. The summed E-state index contributed by atoms with van der Waals surface area (Å²) in [6.07, 6.45) is 0. The standard InChI is InChI=1S/C11H11BrN2O4S2/c12-8-2-1-3-9(6-8)20(17,18)13-4-5-14-10(15)7-19-11(14)16/h1-3,6,13H,4-5,7H2. The second-order valence-electron chi connectivity index (χ2n) is 3.96. The number of nitrogens with zero attached hydrogens (tertiary/aromatic N) is 1. The maximum absolute atomic E-state index is 12.0. The zero-order chi connectivity index (χ0) is 14.8. The van der Waals surface area contributed by atoms with Crippen LogP contribution in [0.4, 0.5) is 4.79 Å². The van der Waals surface area contributed by atoms with Crippen molar-refractivity contribution in [3.8, 4) is 0 Å². The molecule has 1 aromatic rings. The summed E-state index contributed by atoms with van der Waals surface area (Å²) in [7, 11) is -3.65. The van der Waals surface area contributed by atoms with E-state index in [1.54, 1.807) is 12.1 Å². The highest BCUT2D eigenvalue weighted by Gasteiger charge is 2.29. The molecule has 1 aliphatic rings. The lowest BCUT2D eigenvalue weighted by molar-refractivity contribution is -0.124. The van der Waals surface area contributed by atoms with Crippen molar-refractivity contribution in [3.63, 3.8) is 0 Å². The Kier molecular flexibility index (Phi) is 4.84. The molecule has 6 nitrogen and oxygen atoms in total. The molecule has 1 aliphatic heterocycles. The van der Waals surface area contributed by atoms with Crippen molar-refractivity contribution < 1.29 is 18.0 Å². The Balaban J connectivity index is 1.96. The average Bonchev–Trinajstić information content (AvgIpc) is 2.70. The number of amides is 2. The molecule has 9 heteroatoms. The van der Waals surface area contributed by atoms with E-state index in [0.717, 1.165) is 16.7 Å². The molecule has 1 fully saturated rings. The van der Waals surface area contributed by atoms with Crippen molar-refractivity contribution in [1.82, 2.24) is 9.62 Å². The quantitative estimate of drug-likeness (QED) is 0.837. The van der Waals surface area contributed by atoms with Crippen LogP contribution in [0.15, 0.2) is 33.6 Å². The molecule has 0 radical (unpaired) electrons. The molecule has 108 valence electrons. The molecule has 0 aromatic heterocycles. The number of imide groups is 1. The number of carbonyl (C=O) groups excluding carboxylic acids is 2. The zero-order valence-electron chi connectivity index (χ0n) is 10.2. The number of sulfonamides is 1. The Morgan fingerprint density at radius 3 is 2.70 bits per heavy atom. The first kappa shape index (κ1) is 15.5. The van der Waals surface area contributed by atoms with Crippen molar-refractivity contribution in [2.45, 2.75) is 4.90 Å². The highest BCUT2D eigenvalue weighted by atomic mass is 79.9. The minimum Gasteiger partial charge on any atom is -0.273 e. The molecule has 1 heterocycles. The van der Waals surface area contributed by atoms with Gasteiger partial charge < -0.3 is 0 Å². The van der Waals surface area contributed by atoms with E-state index in [4.69, 9.17) is 0 Å². The van der Waals surface area contributed by atoms with Crippen molar-refractivity contribution in [1.29, 1.82) is 0 Å². The van der Waals surface area contributed by atoms with Gasteiger partial charge >= 0.3 is 0 Å². The van der Waals surface area contributed by atoms with Crippen LogP contribution in [0.5, 0.6) is 0 Å². The molecule has 1 N–H and O–H groups in total. The Bertz CT molecular complexity index is 632. The third kappa shape index (κ3) is 3.60. The highest BCUT2D eigenvalue weighted by molar-refractivity contribution is 9.10. The predicted molar refractivity (Wildman–Crippen MR) is 78.9 cm³/mol. The summed E-state index contributed by atoms with van der Waals surface area (Å²) in [5, 5.41) is -0.336. The first-order valence-electron chi connectivity index (χ1n) is 5.62. The SMILES string of the molecule is O=C1CSC(=O)N1CCNS(=O)(=O)c1cccc(Br)c1. The average molecular weight is 379 g/mol. The second-order valence-corrected chi connectivity index (χ2v) is 7.56. The fraction of sp³-hybridized carbons (Fsp3) is 0.273. The van der Waals surface area contributed by atoms with Crippen molar-refractivity contribution in [2.24, 2.45) is 0 Å². The number of thioether (sulfide) groups is 1. The van der Waals surface area contributed by atoms with Gasteiger partial charge in [-0.1, -0.05) is 33.8 Å². The highest BCUT2D eigenvalue weighted by Crippen LogP contribution is 2.18. The fourth-order valence-electron chi connectivity index (χ4n) is 1.61. The summed E-state index contributed by atoms with van der Waals surface area (Å²) in [5.41, 5.74) is 0. The summed E-state index contributed by atoms with van der Waals surface area (Å²) < 4.78 is 27.0. The molecular weight excluding hydrogens is 368 g/mol. The molecule has 0 bridgehead atoms. The third-order valence-electron chi connectivity index (χ3n) is 2.57. The van der Waals surface area contributed by atoms with E-state index in [9.17, 15) is 18.0 Å². The van der Waals surface area contributed by atoms with Crippen LogP contribution in [0.2, 0.25) is 0 Å². The van der Waals surface area contributed by atoms with E-state index in [-0.39, 0.29) is 34.9 Å². The number of nitrogens with one attached hydrogen (secondary N) is 1. The third-order valence-corrected chi connectivity index (χ3v) is 5.39. The van der Waals surface area contributed by atoms with Gasteiger partial charge in [0.2, 0.25) is 15.9 Å². The van der Waals surface area contributed by atoms with E-state index >= 15 is 0 Å². The lowest BCUT2D eigenvalue weighted by atomic mass is 10.4. The lowest BCUT2D eigenvalue weighted by Crippen LogP contribution is -2.37. The van der Waals surface area contributed by atoms with E-state index in [0.29, 0.717) is 4.47 Å². The van der Waals surface area contributed by atoms with Gasteiger partial charge in [0.15, 0.2) is 0 Å². The van der Waals surface area contributed by atoms with E-state index in [1.165, 1.54) is 12.1 Å². The minimum absolute atomic E-state index is 0.00706. The zero-order valence-corrected chi connectivity index (χ0v) is 13.4. The largest absolute Gasteiger partial charge is 0.288 e. The van der Waals surface area contributed by atoms with Crippen molar-refractivity contribution in [2.75, 3.05) is 18.8 Å². The van der Waals surface area contributed by atoms with Crippen LogP contribution in [0, 0.1) is 0 Å². The summed E-state index contributed by atoms with van der Waals surface area (Å²) in [5.74, 6) is -0.168. The lowest BCUT2D eigenvalue weighted by Gasteiger charge is -2.13. The monoisotopic (exact) mass is 378 g/mol. The fourth-order valence-corrected chi connectivity index (χ4v) is 3.98. The van der Waals surface area contributed by atoms with Crippen LogP contribution in [0.1, 0.15) is 0 Å². The van der Waals surface area contributed by atoms with Gasteiger partial charge in [0, 0.05) is 17.6 Å². The molecule has 20 heavy (non-hydrogen) atoms. The van der Waals surface area contributed by atoms with Gasteiger partial charge in [-0.3, -0.25) is 14.5 Å². The molecular formula is C11H11BrN2O4S2. The van der Waals surface area contributed by atoms with Gasteiger partial charge in [-0.25, -0.2) is 13.1 Å². The van der Waals surface area contributed by atoms with Crippen LogP contribution in [0.3, 0.4) is 0 Å². The number of halogens is 1. The maximum atomic E-state index is 12.0. The van der Waals surface area contributed by atoms with Gasteiger partial charge in [-0.05, 0) is 18.2 Å². The number of carbonyl (C=O) groups is 2. The van der Waals surface area contributed by atoms with Crippen LogP contribution < -0.4 is 4.72 Å². The summed E-state index contributed by atoms with van der Waals surface area (Å²) in [6, 6.07) is 6.28. The van der Waals surface area contributed by atoms with Crippen molar-refractivity contribution in [3.05, 3.63) is 28.7 Å². The first-order valence-corrected chi connectivity index (χ1v) is 8.89. The number of benzene rings is 1. The van der Waals surface area contributed by atoms with Crippen LogP contribution in [-0.4, -0.2) is 43.3 Å². The van der Waals surface area contributed by atoms with E-state index in [2.05, 4.69) is 20.7 Å². The van der Waals surface area contributed by atoms with E-state index < -0.39 is 10.0 Å². The number of rotatable bonds is 5. The van der Waals surface area contributed by atoms with E-state index in [1.807, 2.05) is 0 Å². The van der Waals surface area contributed by atoms with Gasteiger partial charge in [0.05, 0.1) is 10.6 Å². The smallest absolute Gasteiger partial charge is 0.273 e. The topological polar surface area (TPSA) is 83.6 Å². The Morgan fingerprint density at radius 1 is 1.35 bits per heavy atom. The molecule has 0 unspecified atom stereocenters. The summed E-state index contributed by atoms with van der Waals surface area (Å²) >= 11 is 4.12. The van der Waals surface area contributed by atoms with Crippen LogP contribution in [-0.2, 0) is 14.8 Å². The summed E-state index contributed by atoms with van der Waals surface area (Å²) in [6.45, 7) is 0.0325. The van der Waals surface area contributed by atoms with Crippen molar-refractivity contribution >= 4 is 48.9 Å². The predicted octanol–water partition coefficient (Wildman–Crippen LogP) is 1.42. The molecule has 0 atom stereocenters. The molecule has 1 aromatic carbocycles. The molecule has 1 saturated heterocycles. The second kappa shape index (κ2) is 6.25. The minimum atomic E-state index is -3.65. The van der Waals surface area contributed by atoms with Gasteiger partial charge in [-0.2, -0.15) is 0 Å². The Hall–Kier alpha value is -0.900. The van der Waals surface area contributed by atoms with Gasteiger partial charge in [0.1, 0.15) is 0 Å². The first-order chi connectivity index (χ1) is 9.40. The summed E-state index contributed by atoms with van der Waals surface area (Å²) in [4.78, 5) is 23.9. The van der Waals surface area contributed by atoms with Crippen LogP contribution >= 0.6 is 27.7 Å². The van der Waals surface area contributed by atoms with Gasteiger partial charge in [-0.15, -0.1) is 0 Å². The molecule has 0 aliphatic carbocycles. The number of hydrogen-bond donors (Lipinski definition) is 1. The Morgan fingerprint density at radius 2 is 2.10 bits per heavy atom. The number of hydrogen-bond acceptors (Lipinski definition) is 5. The molecule has 2 amide bonds. The molecule has 2 rings (SSSR count). The molecule has 0 spiro atoms. The van der Waals surface area contributed by atoms with Crippen LogP contribution in [0.25, 0.3) is 0 Å². The normalized spacial score (nSPS) is 15.9.